The van der Waals surface area contributed by atoms with Gasteiger partial charge < -0.3 is 14.2 Å². The summed E-state index contributed by atoms with van der Waals surface area (Å²) in [5.74, 6) is 0.207. The molecule has 8 nitrogen and oxygen atoms in total. The Balaban J connectivity index is 1.36. The average Bonchev–Trinajstić information content (AvgIpc) is 3.36. The molecule has 1 aliphatic heterocycles. The number of nitrogens with zero attached hydrogens (tertiary/aromatic N) is 6. The normalized spacial score (nSPS) is 14.7. The average molecular weight is 499 g/mol. The zero-order valence-electron chi connectivity index (χ0n) is 19.5. The number of pyridine rings is 1. The minimum atomic E-state index is -0.564. The second-order valence-electron chi connectivity index (χ2n) is 8.60. The van der Waals surface area contributed by atoms with E-state index in [9.17, 15) is 8.78 Å². The lowest BCUT2D eigenvalue weighted by Gasteiger charge is -2.30. The Morgan fingerprint density at radius 2 is 1.91 bits per heavy atom. The fraction of sp³-hybridized carbons (Fsp3) is 0.375. The van der Waals surface area contributed by atoms with Gasteiger partial charge in [-0.1, -0.05) is 19.0 Å². The third-order valence-corrected chi connectivity index (χ3v) is 6.70. The van der Waals surface area contributed by atoms with Crippen molar-refractivity contribution in [2.45, 2.75) is 43.6 Å². The Morgan fingerprint density at radius 3 is 2.63 bits per heavy atom. The molecular weight excluding hydrogens is 474 g/mol. The highest BCUT2D eigenvalue weighted by atomic mass is 32.2. The second kappa shape index (κ2) is 9.73. The maximum absolute atomic E-state index is 14.8. The van der Waals surface area contributed by atoms with E-state index in [4.69, 9.17) is 9.26 Å². The van der Waals surface area contributed by atoms with Crippen LogP contribution >= 0.6 is 11.8 Å². The number of halogens is 2. The van der Waals surface area contributed by atoms with Crippen LogP contribution in [0.2, 0.25) is 0 Å². The first-order chi connectivity index (χ1) is 16.9. The molecule has 0 unspecified atom stereocenters. The van der Waals surface area contributed by atoms with Gasteiger partial charge >= 0.3 is 6.01 Å². The molecule has 4 aromatic rings. The Bertz CT molecular complexity index is 1360. The molecule has 0 aliphatic carbocycles. The topological polar surface area (TPSA) is 90.1 Å². The summed E-state index contributed by atoms with van der Waals surface area (Å²) < 4.78 is 40.9. The molecule has 3 aromatic heterocycles. The number of hydrogen-bond acceptors (Lipinski definition) is 9. The highest BCUT2D eigenvalue weighted by molar-refractivity contribution is 7.98. The minimum Gasteiger partial charge on any atom is -0.474 e. The van der Waals surface area contributed by atoms with Crippen molar-refractivity contribution < 1.29 is 18.0 Å². The molecule has 0 saturated carbocycles. The van der Waals surface area contributed by atoms with Crippen LogP contribution in [0.25, 0.3) is 22.2 Å². The first-order valence-electron chi connectivity index (χ1n) is 11.3. The number of ether oxygens (including phenoxy) is 1. The first kappa shape index (κ1) is 23.4. The lowest BCUT2D eigenvalue weighted by molar-refractivity contribution is 0.164. The summed E-state index contributed by atoms with van der Waals surface area (Å²) in [5.41, 5.74) is 0.687. The van der Waals surface area contributed by atoms with Gasteiger partial charge in [0, 0.05) is 48.5 Å². The van der Waals surface area contributed by atoms with Crippen molar-refractivity contribution in [3.8, 4) is 17.1 Å². The molecule has 1 saturated heterocycles. The van der Waals surface area contributed by atoms with E-state index in [1.165, 1.54) is 18.6 Å². The molecule has 11 heteroatoms. The number of rotatable bonds is 6. The standard InChI is InChI=1S/C24H24F2N6O2S/c1-13(2)22-30-24(34-31-22)32-8-5-14(6-9-32)33-23-15-4-7-27-21(20(15)28-12-29-23)16-10-18(26)19(35-3)11-17(16)25/h4,7,10-14H,5-6,8-9H2,1-3H3. The van der Waals surface area contributed by atoms with Crippen molar-refractivity contribution in [3.63, 3.8) is 0 Å². The molecule has 1 aromatic carbocycles. The van der Waals surface area contributed by atoms with Crippen LogP contribution in [0.15, 0.2) is 40.1 Å². The van der Waals surface area contributed by atoms with Crippen molar-refractivity contribution in [2.75, 3.05) is 24.2 Å². The number of fused-ring (bicyclic) bond motifs is 1. The number of benzene rings is 1. The molecule has 182 valence electrons. The van der Waals surface area contributed by atoms with Gasteiger partial charge in [0.15, 0.2) is 5.82 Å². The van der Waals surface area contributed by atoms with Crippen molar-refractivity contribution in [1.29, 1.82) is 0 Å². The van der Waals surface area contributed by atoms with Crippen molar-refractivity contribution in [3.05, 3.63) is 48.2 Å². The van der Waals surface area contributed by atoms with E-state index < -0.39 is 11.6 Å². The molecule has 0 amide bonds. The molecule has 0 spiro atoms. The number of thioether (sulfide) groups is 1. The molecule has 5 rings (SSSR count). The zero-order chi connectivity index (χ0) is 24.5. The van der Waals surface area contributed by atoms with Crippen LogP contribution in [0.1, 0.15) is 38.4 Å². The van der Waals surface area contributed by atoms with Gasteiger partial charge in [-0.15, -0.1) is 11.8 Å². The van der Waals surface area contributed by atoms with Gasteiger partial charge in [0.2, 0.25) is 5.88 Å². The van der Waals surface area contributed by atoms with Gasteiger partial charge in [-0.3, -0.25) is 4.98 Å². The van der Waals surface area contributed by atoms with Gasteiger partial charge in [0.05, 0.1) is 11.1 Å². The number of piperidine rings is 1. The Kier molecular flexibility index (Phi) is 6.50. The third-order valence-electron chi connectivity index (χ3n) is 5.95. The summed E-state index contributed by atoms with van der Waals surface area (Å²) in [6.07, 6.45) is 5.97. The van der Waals surface area contributed by atoms with Crippen molar-refractivity contribution >= 4 is 28.7 Å². The third kappa shape index (κ3) is 4.64. The maximum atomic E-state index is 14.8. The Morgan fingerprint density at radius 1 is 1.11 bits per heavy atom. The van der Waals surface area contributed by atoms with Gasteiger partial charge in [-0.2, -0.15) is 4.98 Å². The van der Waals surface area contributed by atoms with E-state index in [0.29, 0.717) is 41.7 Å². The summed E-state index contributed by atoms with van der Waals surface area (Å²) in [6.45, 7) is 5.44. The van der Waals surface area contributed by atoms with Gasteiger partial charge in [-0.25, -0.2) is 18.7 Å². The lowest BCUT2D eigenvalue weighted by atomic mass is 10.1. The van der Waals surface area contributed by atoms with Crippen LogP contribution in [0, 0.1) is 11.6 Å². The van der Waals surface area contributed by atoms with Crippen LogP contribution in [0.3, 0.4) is 0 Å². The largest absolute Gasteiger partial charge is 0.474 e. The van der Waals surface area contributed by atoms with Crippen molar-refractivity contribution in [1.82, 2.24) is 25.1 Å². The molecular formula is C24H24F2N6O2S. The number of aromatic nitrogens is 5. The van der Waals surface area contributed by atoms with Crippen LogP contribution in [-0.2, 0) is 0 Å². The number of hydrogen-bond donors (Lipinski definition) is 0. The van der Waals surface area contributed by atoms with Crippen LogP contribution in [0.4, 0.5) is 14.8 Å². The highest BCUT2D eigenvalue weighted by Gasteiger charge is 2.26. The fourth-order valence-corrected chi connectivity index (χ4v) is 4.51. The van der Waals surface area contributed by atoms with Gasteiger partial charge in [0.25, 0.3) is 0 Å². The molecule has 1 aliphatic rings. The molecule has 1 fully saturated rings. The zero-order valence-corrected chi connectivity index (χ0v) is 20.4. The van der Waals surface area contributed by atoms with E-state index >= 15 is 0 Å². The molecule has 0 radical (unpaired) electrons. The predicted octanol–water partition coefficient (Wildman–Crippen LogP) is 5.25. The van der Waals surface area contributed by atoms with Gasteiger partial charge in [-0.05, 0) is 24.5 Å². The second-order valence-corrected chi connectivity index (χ2v) is 9.44. The van der Waals surface area contributed by atoms with E-state index in [-0.39, 0.29) is 28.2 Å². The first-order valence-corrected chi connectivity index (χ1v) is 12.6. The van der Waals surface area contributed by atoms with Crippen molar-refractivity contribution in [2.24, 2.45) is 0 Å². The van der Waals surface area contributed by atoms with Crippen LogP contribution < -0.4 is 9.64 Å². The quantitative estimate of drug-likeness (QED) is 0.331. The lowest BCUT2D eigenvalue weighted by Crippen LogP contribution is -2.38. The van der Waals surface area contributed by atoms with E-state index in [0.717, 1.165) is 30.7 Å². The maximum Gasteiger partial charge on any atom is 0.324 e. The molecule has 0 N–H and O–H groups in total. The smallest absolute Gasteiger partial charge is 0.324 e. The van der Waals surface area contributed by atoms with E-state index in [2.05, 4.69) is 30.0 Å². The summed E-state index contributed by atoms with van der Waals surface area (Å²) in [7, 11) is 0. The number of anilines is 1. The fourth-order valence-electron chi connectivity index (χ4n) is 4.04. The van der Waals surface area contributed by atoms with E-state index in [1.807, 2.05) is 13.8 Å². The summed E-state index contributed by atoms with van der Waals surface area (Å²) in [6, 6.07) is 4.58. The van der Waals surface area contributed by atoms with Gasteiger partial charge in [0.1, 0.15) is 29.6 Å². The Hall–Kier alpha value is -3.34. The molecule has 4 heterocycles. The summed E-state index contributed by atoms with van der Waals surface area (Å²) in [4.78, 5) is 19.7. The predicted molar refractivity (Wildman–Crippen MR) is 129 cm³/mol. The van der Waals surface area contributed by atoms with Crippen LogP contribution in [-0.4, -0.2) is 50.5 Å². The minimum absolute atomic E-state index is 0.0455. The van der Waals surface area contributed by atoms with Crippen LogP contribution in [0.5, 0.6) is 5.88 Å². The monoisotopic (exact) mass is 498 g/mol. The van der Waals surface area contributed by atoms with E-state index in [1.54, 1.807) is 12.3 Å². The molecule has 0 bridgehead atoms. The SMILES string of the molecule is CSc1cc(F)c(-c2nccc3c(OC4CCN(c5nc(C(C)C)no5)CC4)ncnc23)cc1F. The Labute approximate surface area is 205 Å². The molecule has 0 atom stereocenters. The summed E-state index contributed by atoms with van der Waals surface area (Å²) in [5, 5.41) is 4.62. The summed E-state index contributed by atoms with van der Waals surface area (Å²) >= 11 is 1.14. The highest BCUT2D eigenvalue weighted by Crippen LogP contribution is 2.34. The molecule has 35 heavy (non-hydrogen) atoms.